The van der Waals surface area contributed by atoms with Crippen LogP contribution in [0.4, 0.5) is 21.7 Å². The van der Waals surface area contributed by atoms with E-state index in [-0.39, 0.29) is 29.8 Å². The molecule has 1 atom stereocenters. The molecule has 3 N–H and O–H groups in total. The SMILES string of the molecule is COc1cccc(F)c1-c1nccc(Nc2cc(N3CCC[C@H](N)C3)c(-c3ccc(OCCN(C)C)nc3)cn2)n1.Cl. The Morgan fingerprint density at radius 2 is 1.95 bits per heavy atom. The number of anilines is 3. The van der Waals surface area contributed by atoms with E-state index in [1.54, 1.807) is 30.6 Å². The Labute approximate surface area is 251 Å². The Bertz CT molecular complexity index is 1470. The number of halogens is 2. The van der Waals surface area contributed by atoms with Crippen LogP contribution in [0.2, 0.25) is 0 Å². The summed E-state index contributed by atoms with van der Waals surface area (Å²) in [5.74, 6) is 1.75. The zero-order chi connectivity index (χ0) is 28.8. The molecule has 12 heteroatoms. The molecule has 1 saturated heterocycles. The fourth-order valence-corrected chi connectivity index (χ4v) is 4.76. The molecule has 4 heterocycles. The van der Waals surface area contributed by atoms with E-state index in [4.69, 9.17) is 15.2 Å². The first-order chi connectivity index (χ1) is 19.9. The predicted octanol–water partition coefficient (Wildman–Crippen LogP) is 4.78. The van der Waals surface area contributed by atoms with E-state index in [9.17, 15) is 4.39 Å². The molecule has 3 aromatic heterocycles. The van der Waals surface area contributed by atoms with Gasteiger partial charge in [0.1, 0.15) is 29.8 Å². The van der Waals surface area contributed by atoms with Crippen LogP contribution < -0.4 is 25.4 Å². The van der Waals surface area contributed by atoms with Crippen LogP contribution in [0.5, 0.6) is 11.6 Å². The quantitative estimate of drug-likeness (QED) is 0.266. The van der Waals surface area contributed by atoms with Gasteiger partial charge in [-0.2, -0.15) is 0 Å². The minimum Gasteiger partial charge on any atom is -0.496 e. The Morgan fingerprint density at radius 3 is 2.69 bits per heavy atom. The van der Waals surface area contributed by atoms with Crippen LogP contribution in [0.15, 0.2) is 61.1 Å². The molecule has 0 unspecified atom stereocenters. The molecular formula is C30H36ClFN8O2. The van der Waals surface area contributed by atoms with Crippen molar-refractivity contribution in [1.82, 2.24) is 24.8 Å². The second-order valence-electron chi connectivity index (χ2n) is 10.2. The van der Waals surface area contributed by atoms with Gasteiger partial charge in [0.15, 0.2) is 5.82 Å². The van der Waals surface area contributed by atoms with E-state index in [0.29, 0.717) is 29.9 Å². The Hall–Kier alpha value is -4.06. The number of pyridine rings is 2. The van der Waals surface area contributed by atoms with Crippen molar-refractivity contribution in [2.24, 2.45) is 5.73 Å². The summed E-state index contributed by atoms with van der Waals surface area (Å²) in [7, 11) is 5.49. The van der Waals surface area contributed by atoms with Gasteiger partial charge in [0.25, 0.3) is 0 Å². The van der Waals surface area contributed by atoms with Gasteiger partial charge in [0.05, 0.1) is 12.7 Å². The van der Waals surface area contributed by atoms with Gasteiger partial charge in [-0.3, -0.25) is 0 Å². The molecule has 222 valence electrons. The third kappa shape index (κ3) is 7.41. The highest BCUT2D eigenvalue weighted by atomic mass is 35.5. The smallest absolute Gasteiger partial charge is 0.213 e. The third-order valence-corrected chi connectivity index (χ3v) is 6.85. The van der Waals surface area contributed by atoms with Crippen molar-refractivity contribution in [2.75, 3.05) is 57.7 Å². The van der Waals surface area contributed by atoms with Crippen LogP contribution in [0.1, 0.15) is 12.8 Å². The zero-order valence-electron chi connectivity index (χ0n) is 24.0. The van der Waals surface area contributed by atoms with Gasteiger partial charge in [0.2, 0.25) is 5.88 Å². The summed E-state index contributed by atoms with van der Waals surface area (Å²) in [6.07, 6.45) is 7.20. The van der Waals surface area contributed by atoms with E-state index in [1.807, 2.05) is 38.5 Å². The molecule has 0 saturated carbocycles. The number of aromatic nitrogens is 4. The van der Waals surface area contributed by atoms with Gasteiger partial charge >= 0.3 is 0 Å². The van der Waals surface area contributed by atoms with Crippen molar-refractivity contribution >= 4 is 29.7 Å². The average Bonchev–Trinajstić information content (AvgIpc) is 2.97. The molecule has 0 radical (unpaired) electrons. The molecular weight excluding hydrogens is 559 g/mol. The first-order valence-corrected chi connectivity index (χ1v) is 13.6. The number of methoxy groups -OCH3 is 1. The molecule has 1 aliphatic rings. The number of rotatable bonds is 10. The highest BCUT2D eigenvalue weighted by Crippen LogP contribution is 2.35. The summed E-state index contributed by atoms with van der Waals surface area (Å²) in [4.78, 5) is 22.4. The molecule has 4 aromatic rings. The first-order valence-electron chi connectivity index (χ1n) is 13.6. The number of benzene rings is 1. The predicted molar refractivity (Wildman–Crippen MR) is 165 cm³/mol. The van der Waals surface area contributed by atoms with Gasteiger partial charge in [-0.05, 0) is 51.2 Å². The number of nitrogens with two attached hydrogens (primary N) is 1. The van der Waals surface area contributed by atoms with Crippen molar-refractivity contribution in [3.63, 3.8) is 0 Å². The molecule has 1 fully saturated rings. The topological polar surface area (TPSA) is 115 Å². The fourth-order valence-electron chi connectivity index (χ4n) is 4.76. The van der Waals surface area contributed by atoms with Crippen molar-refractivity contribution in [1.29, 1.82) is 0 Å². The van der Waals surface area contributed by atoms with E-state index in [0.717, 1.165) is 49.3 Å². The number of likely N-dealkylation sites (N-methyl/N-ethyl adjacent to an activating group) is 1. The number of hydrogen-bond donors (Lipinski definition) is 2. The molecule has 0 bridgehead atoms. The highest BCUT2D eigenvalue weighted by molar-refractivity contribution is 5.85. The number of ether oxygens (including phenoxy) is 2. The van der Waals surface area contributed by atoms with Crippen LogP contribution in [0, 0.1) is 5.82 Å². The molecule has 5 rings (SSSR count). The molecule has 0 spiro atoms. The van der Waals surface area contributed by atoms with E-state index < -0.39 is 5.82 Å². The van der Waals surface area contributed by atoms with Crippen LogP contribution >= 0.6 is 12.4 Å². The van der Waals surface area contributed by atoms with Gasteiger partial charge < -0.3 is 30.3 Å². The second kappa shape index (κ2) is 14.2. The summed E-state index contributed by atoms with van der Waals surface area (Å²) in [5.41, 5.74) is 9.40. The average molecular weight is 595 g/mol. The lowest BCUT2D eigenvalue weighted by Crippen LogP contribution is -2.43. The summed E-state index contributed by atoms with van der Waals surface area (Å²) in [6, 6.07) is 12.3. The molecule has 10 nitrogen and oxygen atoms in total. The normalized spacial score (nSPS) is 14.8. The zero-order valence-corrected chi connectivity index (χ0v) is 24.8. The number of piperidine rings is 1. The minimum absolute atomic E-state index is 0. The van der Waals surface area contributed by atoms with Crippen molar-refractivity contribution in [3.05, 3.63) is 66.9 Å². The van der Waals surface area contributed by atoms with Crippen LogP contribution in [0.3, 0.4) is 0 Å². The van der Waals surface area contributed by atoms with Gasteiger partial charge in [0, 0.05) is 73.2 Å². The van der Waals surface area contributed by atoms with Gasteiger partial charge in [-0.15, -0.1) is 12.4 Å². The number of nitrogens with one attached hydrogen (secondary N) is 1. The van der Waals surface area contributed by atoms with E-state index in [2.05, 4.69) is 35.1 Å². The van der Waals surface area contributed by atoms with E-state index >= 15 is 0 Å². The maximum absolute atomic E-state index is 14.7. The van der Waals surface area contributed by atoms with Crippen LogP contribution in [-0.2, 0) is 0 Å². The molecule has 42 heavy (non-hydrogen) atoms. The third-order valence-electron chi connectivity index (χ3n) is 6.85. The Kier molecular flexibility index (Phi) is 10.5. The summed E-state index contributed by atoms with van der Waals surface area (Å²) < 4.78 is 25.8. The largest absolute Gasteiger partial charge is 0.496 e. The number of nitrogens with zero attached hydrogens (tertiary/aromatic N) is 6. The fraction of sp³-hybridized carbons (Fsp3) is 0.333. The second-order valence-corrected chi connectivity index (χ2v) is 10.2. The Balaban J connectivity index is 0.00000405. The minimum atomic E-state index is -0.463. The van der Waals surface area contributed by atoms with Crippen molar-refractivity contribution in [2.45, 2.75) is 18.9 Å². The lowest BCUT2D eigenvalue weighted by atomic mass is 10.0. The van der Waals surface area contributed by atoms with Crippen molar-refractivity contribution < 1.29 is 13.9 Å². The standard InChI is InChI=1S/C30H35FN8O2.ClH/c1-38(2)14-15-41-28-10-9-20(17-35-28)22-18-34-27(16-24(22)39-13-5-6-21(32)19-39)36-26-11-12-33-30(37-26)29-23(31)7-4-8-25(29)40-3;/h4,7-12,16-18,21H,5-6,13-15,19,32H2,1-3H3,(H,33,34,36,37);1H/t21-;/m0./s1. The van der Waals surface area contributed by atoms with E-state index in [1.165, 1.54) is 13.2 Å². The summed E-state index contributed by atoms with van der Waals surface area (Å²) in [6.45, 7) is 2.99. The number of hydrogen-bond acceptors (Lipinski definition) is 10. The van der Waals surface area contributed by atoms with Crippen molar-refractivity contribution in [3.8, 4) is 34.1 Å². The van der Waals surface area contributed by atoms with Crippen LogP contribution in [0.25, 0.3) is 22.5 Å². The maximum Gasteiger partial charge on any atom is 0.213 e. The molecule has 0 aliphatic carbocycles. The molecule has 0 amide bonds. The van der Waals surface area contributed by atoms with Crippen LogP contribution in [-0.4, -0.2) is 78.3 Å². The lowest BCUT2D eigenvalue weighted by Gasteiger charge is -2.34. The maximum atomic E-state index is 14.7. The molecule has 1 aromatic carbocycles. The summed E-state index contributed by atoms with van der Waals surface area (Å²) >= 11 is 0. The van der Waals surface area contributed by atoms with Gasteiger partial charge in [-0.1, -0.05) is 6.07 Å². The van der Waals surface area contributed by atoms with Gasteiger partial charge in [-0.25, -0.2) is 24.3 Å². The highest BCUT2D eigenvalue weighted by Gasteiger charge is 2.22. The molecule has 1 aliphatic heterocycles. The summed E-state index contributed by atoms with van der Waals surface area (Å²) in [5, 5.41) is 3.26. The Morgan fingerprint density at radius 1 is 1.10 bits per heavy atom. The lowest BCUT2D eigenvalue weighted by molar-refractivity contribution is 0.254. The monoisotopic (exact) mass is 594 g/mol. The first kappa shape index (κ1) is 30.9.